The van der Waals surface area contributed by atoms with Gasteiger partial charge < -0.3 is 5.32 Å². The van der Waals surface area contributed by atoms with Crippen molar-refractivity contribution in [3.63, 3.8) is 0 Å². The molecule has 4 rings (SSSR count). The first-order valence-electron chi connectivity index (χ1n) is 9.72. The number of benzene rings is 2. The normalized spacial score (nSPS) is 20.8. The van der Waals surface area contributed by atoms with Crippen molar-refractivity contribution in [2.24, 2.45) is 0 Å². The van der Waals surface area contributed by atoms with E-state index in [2.05, 4.69) is 5.32 Å². The third kappa shape index (κ3) is 3.29. The van der Waals surface area contributed by atoms with E-state index in [9.17, 15) is 14.4 Å². The number of hydrogen-bond acceptors (Lipinski definition) is 4. The molecular weight excluding hydrogens is 366 g/mol. The lowest BCUT2D eigenvalue weighted by Gasteiger charge is -2.22. The number of nitriles is 1. The van der Waals surface area contributed by atoms with Gasteiger partial charge in [-0.3, -0.25) is 14.5 Å². The number of carbonyl (C=O) groups excluding carboxylic acids is 3. The number of ketones is 1. The van der Waals surface area contributed by atoms with Crippen LogP contribution in [0.15, 0.2) is 42.5 Å². The molecule has 1 aliphatic carbocycles. The maximum atomic E-state index is 13.0. The van der Waals surface area contributed by atoms with Crippen LogP contribution in [0, 0.1) is 11.3 Å². The van der Waals surface area contributed by atoms with Gasteiger partial charge in [-0.2, -0.15) is 5.26 Å². The van der Waals surface area contributed by atoms with Gasteiger partial charge in [0.25, 0.3) is 5.91 Å². The molecule has 1 saturated heterocycles. The molecule has 3 amide bonds. The fourth-order valence-corrected chi connectivity index (χ4v) is 4.06. The summed E-state index contributed by atoms with van der Waals surface area (Å²) in [4.78, 5) is 39.3. The van der Waals surface area contributed by atoms with Gasteiger partial charge in [-0.25, -0.2) is 4.79 Å². The predicted molar refractivity (Wildman–Crippen MR) is 106 cm³/mol. The summed E-state index contributed by atoms with van der Waals surface area (Å²) in [6.07, 6.45) is 4.26. The molecule has 0 bridgehead atoms. The summed E-state index contributed by atoms with van der Waals surface area (Å²) < 4.78 is 0. The molecule has 0 unspecified atom stereocenters. The zero-order valence-electron chi connectivity index (χ0n) is 16.2. The van der Waals surface area contributed by atoms with Crippen molar-refractivity contribution in [1.29, 1.82) is 5.26 Å². The summed E-state index contributed by atoms with van der Waals surface area (Å²) in [5, 5.41) is 11.6. The van der Waals surface area contributed by atoms with Crippen LogP contribution in [-0.4, -0.2) is 29.2 Å². The maximum absolute atomic E-state index is 13.0. The summed E-state index contributed by atoms with van der Waals surface area (Å²) in [6, 6.07) is 13.6. The molecule has 6 nitrogen and oxygen atoms in total. The highest BCUT2D eigenvalue weighted by Gasteiger charge is 2.49. The Bertz CT molecular complexity index is 1050. The molecule has 0 aromatic heterocycles. The second-order valence-electron chi connectivity index (χ2n) is 7.75. The first kappa shape index (κ1) is 18.9. The SMILES string of the molecule is C[C@@]1(c2ccc(C#N)cc2)NC(=O)N(CC(=O)c2ccc3c(c2)CCCC3)C1=O. The van der Waals surface area contributed by atoms with Gasteiger partial charge in [0.15, 0.2) is 5.78 Å². The first-order valence-corrected chi connectivity index (χ1v) is 9.72. The van der Waals surface area contributed by atoms with Crippen molar-refractivity contribution in [1.82, 2.24) is 10.2 Å². The van der Waals surface area contributed by atoms with E-state index in [0.717, 1.165) is 30.6 Å². The minimum Gasteiger partial charge on any atom is -0.319 e. The average molecular weight is 387 g/mol. The van der Waals surface area contributed by atoms with E-state index < -0.39 is 17.5 Å². The largest absolute Gasteiger partial charge is 0.325 e. The number of urea groups is 1. The number of nitrogens with zero attached hydrogens (tertiary/aromatic N) is 2. The van der Waals surface area contributed by atoms with Crippen LogP contribution in [0.1, 0.15) is 52.4 Å². The quantitative estimate of drug-likeness (QED) is 0.645. The lowest BCUT2D eigenvalue weighted by atomic mass is 9.89. The number of nitrogens with one attached hydrogen (secondary N) is 1. The summed E-state index contributed by atoms with van der Waals surface area (Å²) in [5.74, 6) is -0.732. The number of amides is 3. The Balaban J connectivity index is 1.54. The number of imide groups is 1. The Morgan fingerprint density at radius 3 is 2.48 bits per heavy atom. The molecule has 146 valence electrons. The molecule has 2 aromatic rings. The van der Waals surface area contributed by atoms with Crippen molar-refractivity contribution in [3.05, 3.63) is 70.3 Å². The van der Waals surface area contributed by atoms with Gasteiger partial charge >= 0.3 is 6.03 Å². The standard InChI is InChI=1S/C23H21N3O3/c1-23(19-10-6-15(13-24)7-11-19)21(28)26(22(29)25-23)14-20(27)18-9-8-16-4-2-3-5-17(16)12-18/h6-12H,2-5,14H2,1H3,(H,25,29)/t23-/m0/s1. The fraction of sp³-hybridized carbons (Fsp3) is 0.304. The smallest absolute Gasteiger partial charge is 0.319 e. The minimum absolute atomic E-state index is 0.258. The number of aryl methyl sites for hydroxylation is 2. The van der Waals surface area contributed by atoms with Crippen LogP contribution in [0.4, 0.5) is 4.79 Å². The molecule has 1 heterocycles. The molecule has 0 saturated carbocycles. The number of Topliss-reactive ketones (excluding diaryl/α,β-unsaturated/α-hetero) is 1. The van der Waals surface area contributed by atoms with E-state index in [0.29, 0.717) is 16.7 Å². The minimum atomic E-state index is -1.26. The van der Waals surface area contributed by atoms with Gasteiger partial charge in [0.2, 0.25) is 0 Å². The van der Waals surface area contributed by atoms with Gasteiger partial charge in [-0.05, 0) is 67.5 Å². The van der Waals surface area contributed by atoms with E-state index in [4.69, 9.17) is 5.26 Å². The number of rotatable bonds is 4. The third-order valence-electron chi connectivity index (χ3n) is 5.84. The molecular formula is C23H21N3O3. The van der Waals surface area contributed by atoms with Crippen molar-refractivity contribution in [2.75, 3.05) is 6.54 Å². The van der Waals surface area contributed by atoms with Crippen LogP contribution in [0.5, 0.6) is 0 Å². The van der Waals surface area contributed by atoms with Crippen LogP contribution in [0.25, 0.3) is 0 Å². The molecule has 1 atom stereocenters. The highest BCUT2D eigenvalue weighted by atomic mass is 16.2. The third-order valence-corrected chi connectivity index (χ3v) is 5.84. The van der Waals surface area contributed by atoms with Gasteiger partial charge in [0.1, 0.15) is 5.54 Å². The molecule has 6 heteroatoms. The number of fused-ring (bicyclic) bond motifs is 1. The predicted octanol–water partition coefficient (Wildman–Crippen LogP) is 3.09. The van der Waals surface area contributed by atoms with E-state index in [1.54, 1.807) is 37.3 Å². The Hall–Kier alpha value is -3.46. The number of carbonyl (C=O) groups is 3. The highest BCUT2D eigenvalue weighted by molar-refractivity contribution is 6.11. The van der Waals surface area contributed by atoms with Crippen LogP contribution < -0.4 is 5.32 Å². The summed E-state index contributed by atoms with van der Waals surface area (Å²) >= 11 is 0. The molecule has 2 aliphatic rings. The highest BCUT2D eigenvalue weighted by Crippen LogP contribution is 2.29. The van der Waals surface area contributed by atoms with E-state index in [1.165, 1.54) is 11.1 Å². The zero-order chi connectivity index (χ0) is 20.6. The summed E-state index contributed by atoms with van der Waals surface area (Å²) in [7, 11) is 0. The maximum Gasteiger partial charge on any atom is 0.325 e. The van der Waals surface area contributed by atoms with Crippen molar-refractivity contribution in [3.8, 4) is 6.07 Å². The fourth-order valence-electron chi connectivity index (χ4n) is 4.06. The lowest BCUT2D eigenvalue weighted by Crippen LogP contribution is -2.41. The van der Waals surface area contributed by atoms with E-state index >= 15 is 0 Å². The lowest BCUT2D eigenvalue weighted by molar-refractivity contribution is -0.130. The van der Waals surface area contributed by atoms with E-state index in [1.807, 2.05) is 18.2 Å². The molecule has 1 N–H and O–H groups in total. The second kappa shape index (κ2) is 7.17. The van der Waals surface area contributed by atoms with Gasteiger partial charge in [-0.1, -0.05) is 24.3 Å². The van der Waals surface area contributed by atoms with Crippen molar-refractivity contribution >= 4 is 17.7 Å². The monoisotopic (exact) mass is 387 g/mol. The molecule has 2 aromatic carbocycles. The van der Waals surface area contributed by atoms with Crippen molar-refractivity contribution in [2.45, 2.75) is 38.1 Å². The molecule has 0 spiro atoms. The summed E-state index contributed by atoms with van der Waals surface area (Å²) in [5.41, 5.74) is 2.75. The Morgan fingerprint density at radius 1 is 1.10 bits per heavy atom. The molecule has 29 heavy (non-hydrogen) atoms. The van der Waals surface area contributed by atoms with Crippen molar-refractivity contribution < 1.29 is 14.4 Å². The topological polar surface area (TPSA) is 90.3 Å². The van der Waals surface area contributed by atoms with Crippen LogP contribution in [-0.2, 0) is 23.2 Å². The number of hydrogen-bond donors (Lipinski definition) is 1. The second-order valence-corrected chi connectivity index (χ2v) is 7.75. The molecule has 0 radical (unpaired) electrons. The van der Waals surface area contributed by atoms with E-state index in [-0.39, 0.29) is 12.3 Å². The van der Waals surface area contributed by atoms with Gasteiger partial charge in [0, 0.05) is 5.56 Å². The first-order chi connectivity index (χ1) is 13.9. The van der Waals surface area contributed by atoms with Gasteiger partial charge in [-0.15, -0.1) is 0 Å². The average Bonchev–Trinajstić information content (AvgIpc) is 2.97. The molecule has 1 aliphatic heterocycles. The Labute approximate surface area is 169 Å². The summed E-state index contributed by atoms with van der Waals surface area (Å²) in [6.45, 7) is 1.31. The van der Waals surface area contributed by atoms with Crippen LogP contribution in [0.2, 0.25) is 0 Å². The molecule has 1 fully saturated rings. The van der Waals surface area contributed by atoms with Gasteiger partial charge in [0.05, 0.1) is 18.2 Å². The zero-order valence-corrected chi connectivity index (χ0v) is 16.2. The van der Waals surface area contributed by atoms with Crippen LogP contribution >= 0.6 is 0 Å². The Morgan fingerprint density at radius 2 is 1.79 bits per heavy atom. The Kier molecular flexibility index (Phi) is 4.67. The van der Waals surface area contributed by atoms with Crippen LogP contribution in [0.3, 0.4) is 0 Å².